The first-order valence-electron chi connectivity index (χ1n) is 13.8. The Kier molecular flexibility index (Phi) is 25.4. The largest absolute Gasteiger partial charge is 0.373 e. The number of rotatable bonds is 27. The zero-order chi connectivity index (χ0) is 24.5. The number of unbranched alkanes of at least 4 members (excludes halogenated alkanes) is 15. The average Bonchev–Trinajstić information content (AvgIpc) is 2.79. The van der Waals surface area contributed by atoms with Crippen molar-refractivity contribution in [3.8, 4) is 0 Å². The lowest BCUT2D eigenvalue weighted by Crippen LogP contribution is -2.43. The van der Waals surface area contributed by atoms with Gasteiger partial charge in [-0.25, -0.2) is 0 Å². The molecule has 0 aliphatic rings. The van der Waals surface area contributed by atoms with Gasteiger partial charge >= 0.3 is 14.6 Å². The van der Waals surface area contributed by atoms with Gasteiger partial charge in [0.1, 0.15) is 6.61 Å². The number of hydrogen-bond acceptors (Lipinski definition) is 6. The summed E-state index contributed by atoms with van der Waals surface area (Å²) in [6, 6.07) is 0. The smallest absolute Gasteiger partial charge is 0.331 e. The van der Waals surface area contributed by atoms with Gasteiger partial charge in [0.25, 0.3) is 0 Å². The van der Waals surface area contributed by atoms with E-state index in [1.807, 2.05) is 0 Å². The van der Waals surface area contributed by atoms with Crippen molar-refractivity contribution in [3.63, 3.8) is 0 Å². The Labute approximate surface area is 206 Å². The quantitative estimate of drug-likeness (QED) is 0.0684. The second kappa shape index (κ2) is 25.3. The van der Waals surface area contributed by atoms with E-state index in [9.17, 15) is 9.79 Å². The van der Waals surface area contributed by atoms with Gasteiger partial charge in [-0.15, -0.1) is 0 Å². The fourth-order valence-corrected chi connectivity index (χ4v) is 4.14. The minimum atomic E-state index is -2.62. The van der Waals surface area contributed by atoms with Crippen LogP contribution in [0.1, 0.15) is 136 Å². The lowest BCUT2D eigenvalue weighted by Gasteiger charge is -2.33. The first kappa shape index (κ1) is 33.2. The summed E-state index contributed by atoms with van der Waals surface area (Å²) in [5.41, 5.74) is 0. The first-order valence-corrected chi connectivity index (χ1v) is 15.0. The van der Waals surface area contributed by atoms with E-state index in [0.717, 1.165) is 38.5 Å². The van der Waals surface area contributed by atoms with E-state index in [0.29, 0.717) is 19.8 Å². The van der Waals surface area contributed by atoms with Gasteiger partial charge in [-0.1, -0.05) is 117 Å². The van der Waals surface area contributed by atoms with E-state index in [-0.39, 0.29) is 6.61 Å². The SMILES string of the molecule is CCCCCCCCOCC(OCCCCCCCC)(OCCCCCCCC)OP(O)O. The Bertz CT molecular complexity index is 366. The van der Waals surface area contributed by atoms with Gasteiger partial charge in [0, 0.05) is 6.61 Å². The van der Waals surface area contributed by atoms with Crippen LogP contribution in [0.3, 0.4) is 0 Å². The summed E-state index contributed by atoms with van der Waals surface area (Å²) in [6.45, 7) is 8.18. The molecule has 0 spiro atoms. The third-order valence-corrected chi connectivity index (χ3v) is 6.22. The molecule has 0 fully saturated rings. The van der Waals surface area contributed by atoms with Crippen molar-refractivity contribution in [1.82, 2.24) is 0 Å². The number of hydrogen-bond donors (Lipinski definition) is 2. The molecule has 0 atom stereocenters. The molecule has 0 aromatic carbocycles. The van der Waals surface area contributed by atoms with E-state index in [2.05, 4.69) is 20.8 Å². The Morgan fingerprint density at radius 1 is 0.515 bits per heavy atom. The Hall–Kier alpha value is 0.190. The number of ether oxygens (including phenoxy) is 3. The summed E-state index contributed by atoms with van der Waals surface area (Å²) < 4.78 is 23.2. The monoisotopic (exact) mass is 494 g/mol. The maximum Gasteiger partial charge on any atom is 0.331 e. The highest BCUT2D eigenvalue weighted by molar-refractivity contribution is 7.39. The summed E-state index contributed by atoms with van der Waals surface area (Å²) in [7, 11) is -2.62. The standard InChI is InChI=1S/C26H55O6P/c1-4-7-10-13-16-19-22-29-25-26(32-33(27)28,30-23-20-17-14-11-8-5-2)31-24-21-18-15-12-9-6-3/h27-28H,4-25H2,1-3H3. The molecule has 0 heterocycles. The third-order valence-electron chi connectivity index (χ3n) is 5.78. The first-order chi connectivity index (χ1) is 16.1. The van der Waals surface area contributed by atoms with Crippen molar-refractivity contribution < 1.29 is 28.5 Å². The molecule has 0 radical (unpaired) electrons. The fourth-order valence-electron chi connectivity index (χ4n) is 3.73. The molecular weight excluding hydrogens is 439 g/mol. The highest BCUT2D eigenvalue weighted by Crippen LogP contribution is 2.35. The van der Waals surface area contributed by atoms with Crippen LogP contribution in [0, 0.1) is 0 Å². The van der Waals surface area contributed by atoms with E-state index in [1.165, 1.54) is 77.0 Å². The predicted molar refractivity (Wildman–Crippen MR) is 138 cm³/mol. The van der Waals surface area contributed by atoms with Crippen molar-refractivity contribution >= 4 is 8.60 Å². The Morgan fingerprint density at radius 2 is 0.879 bits per heavy atom. The van der Waals surface area contributed by atoms with E-state index in [1.54, 1.807) is 0 Å². The molecule has 7 heteroatoms. The predicted octanol–water partition coefficient (Wildman–Crippen LogP) is 8.00. The van der Waals surface area contributed by atoms with Crippen molar-refractivity contribution in [1.29, 1.82) is 0 Å². The topological polar surface area (TPSA) is 77.4 Å². The molecule has 0 aliphatic heterocycles. The van der Waals surface area contributed by atoms with Crippen LogP contribution in [-0.4, -0.2) is 42.2 Å². The van der Waals surface area contributed by atoms with Crippen molar-refractivity contribution in [2.75, 3.05) is 26.4 Å². The van der Waals surface area contributed by atoms with Gasteiger partial charge < -0.3 is 24.0 Å². The van der Waals surface area contributed by atoms with Gasteiger partial charge in [-0.3, -0.25) is 4.52 Å². The maximum atomic E-state index is 9.59. The summed E-state index contributed by atoms with van der Waals surface area (Å²) in [6.07, 6.45) is 20.9. The van der Waals surface area contributed by atoms with E-state index >= 15 is 0 Å². The van der Waals surface area contributed by atoms with Crippen LogP contribution >= 0.6 is 8.60 Å². The highest BCUT2D eigenvalue weighted by Gasteiger charge is 2.37. The maximum absolute atomic E-state index is 9.59. The van der Waals surface area contributed by atoms with Crippen LogP contribution in [0.25, 0.3) is 0 Å². The summed E-state index contributed by atoms with van der Waals surface area (Å²) >= 11 is 0. The molecule has 2 N–H and O–H groups in total. The van der Waals surface area contributed by atoms with Crippen LogP contribution < -0.4 is 0 Å². The molecule has 33 heavy (non-hydrogen) atoms. The van der Waals surface area contributed by atoms with Crippen LogP contribution in [0.15, 0.2) is 0 Å². The van der Waals surface area contributed by atoms with E-state index < -0.39 is 14.6 Å². The molecule has 0 saturated carbocycles. The summed E-state index contributed by atoms with van der Waals surface area (Å²) in [5.74, 6) is -1.54. The minimum absolute atomic E-state index is 0.0492. The summed E-state index contributed by atoms with van der Waals surface area (Å²) in [5, 5.41) is 0. The third kappa shape index (κ3) is 22.4. The second-order valence-corrected chi connectivity index (χ2v) is 9.77. The van der Waals surface area contributed by atoms with Gasteiger partial charge in [0.2, 0.25) is 0 Å². The highest BCUT2D eigenvalue weighted by atomic mass is 31.2. The van der Waals surface area contributed by atoms with Gasteiger partial charge in [-0.05, 0) is 19.3 Å². The fraction of sp³-hybridized carbons (Fsp3) is 1.00. The molecule has 0 unspecified atom stereocenters. The average molecular weight is 495 g/mol. The van der Waals surface area contributed by atoms with Crippen molar-refractivity contribution in [2.45, 2.75) is 142 Å². The second-order valence-electron chi connectivity index (χ2n) is 9.08. The molecule has 6 nitrogen and oxygen atoms in total. The molecule has 0 saturated heterocycles. The van der Waals surface area contributed by atoms with Crippen molar-refractivity contribution in [3.05, 3.63) is 0 Å². The van der Waals surface area contributed by atoms with Crippen molar-refractivity contribution in [2.24, 2.45) is 0 Å². The minimum Gasteiger partial charge on any atom is -0.373 e. The summed E-state index contributed by atoms with van der Waals surface area (Å²) in [4.78, 5) is 19.2. The normalized spacial score (nSPS) is 12.2. The molecule has 200 valence electrons. The van der Waals surface area contributed by atoms with Crippen LogP contribution in [0.4, 0.5) is 0 Å². The molecule has 0 amide bonds. The van der Waals surface area contributed by atoms with Crippen LogP contribution in [-0.2, 0) is 18.7 Å². The zero-order valence-corrected chi connectivity index (χ0v) is 22.9. The molecular formula is C26H55O6P. The zero-order valence-electron chi connectivity index (χ0n) is 22.0. The Balaban J connectivity index is 4.54. The van der Waals surface area contributed by atoms with Gasteiger partial charge in [0.15, 0.2) is 0 Å². The Morgan fingerprint density at radius 3 is 1.27 bits per heavy atom. The van der Waals surface area contributed by atoms with Gasteiger partial charge in [0.05, 0.1) is 13.2 Å². The van der Waals surface area contributed by atoms with Crippen LogP contribution in [0.5, 0.6) is 0 Å². The lowest BCUT2D eigenvalue weighted by atomic mass is 10.1. The van der Waals surface area contributed by atoms with E-state index in [4.69, 9.17) is 18.7 Å². The lowest BCUT2D eigenvalue weighted by molar-refractivity contribution is -0.362. The molecule has 0 aromatic rings. The van der Waals surface area contributed by atoms with Crippen LogP contribution in [0.2, 0.25) is 0 Å². The molecule has 0 aromatic heterocycles. The molecule has 0 aliphatic carbocycles. The molecule has 0 rings (SSSR count). The van der Waals surface area contributed by atoms with Gasteiger partial charge in [-0.2, -0.15) is 0 Å². The molecule has 0 bridgehead atoms.